The summed E-state index contributed by atoms with van der Waals surface area (Å²) >= 11 is 4.78. The molecule has 14 heavy (non-hydrogen) atoms. The monoisotopic (exact) mass is 214 g/mol. The Bertz CT molecular complexity index is 264. The normalized spacial score (nSPS) is 18.5. The first-order valence-corrected chi connectivity index (χ1v) is 5.08. The Labute approximate surface area is 88.4 Å². The maximum atomic E-state index is 11.1. The average Bonchev–Trinajstić information content (AvgIpc) is 2.45. The number of aliphatic hydroxyl groups excluding tert-OH is 1. The first kappa shape index (κ1) is 11.1. The van der Waals surface area contributed by atoms with E-state index < -0.39 is 0 Å². The molecule has 0 saturated carbocycles. The van der Waals surface area contributed by atoms with Crippen molar-refractivity contribution in [1.29, 1.82) is 0 Å². The van der Waals surface area contributed by atoms with Gasteiger partial charge in [-0.2, -0.15) is 0 Å². The first-order chi connectivity index (χ1) is 6.74. The van der Waals surface area contributed by atoms with Gasteiger partial charge >= 0.3 is 0 Å². The highest BCUT2D eigenvalue weighted by Gasteiger charge is 2.18. The van der Waals surface area contributed by atoms with Crippen LogP contribution in [0.2, 0.25) is 0 Å². The van der Waals surface area contributed by atoms with Crippen LogP contribution in [0.4, 0.5) is 0 Å². The van der Waals surface area contributed by atoms with Gasteiger partial charge in [-0.15, -0.1) is 0 Å². The number of unbranched alkanes of at least 4 members (excludes halogenated alkanes) is 3. The van der Waals surface area contributed by atoms with Crippen molar-refractivity contribution in [3.63, 3.8) is 0 Å². The zero-order valence-electron chi connectivity index (χ0n) is 7.88. The second-order valence-electron chi connectivity index (χ2n) is 3.10. The molecule has 4 nitrogen and oxygen atoms in total. The van der Waals surface area contributed by atoms with Gasteiger partial charge in [0.05, 0.1) is 0 Å². The van der Waals surface area contributed by atoms with E-state index in [1.165, 1.54) is 0 Å². The number of carbonyl (C=O) groups is 1. The molecule has 0 spiro atoms. The molecule has 0 atom stereocenters. The molecule has 1 amide bonds. The predicted molar refractivity (Wildman–Crippen MR) is 57.5 cm³/mol. The van der Waals surface area contributed by atoms with Gasteiger partial charge < -0.3 is 10.4 Å². The molecule has 0 aromatic rings. The van der Waals surface area contributed by atoms with Gasteiger partial charge in [-0.3, -0.25) is 10.1 Å². The smallest absolute Gasteiger partial charge is 0.273 e. The Kier molecular flexibility index (Phi) is 4.55. The van der Waals surface area contributed by atoms with Gasteiger partial charge in [-0.05, 0) is 31.5 Å². The van der Waals surface area contributed by atoms with Crippen LogP contribution < -0.4 is 10.6 Å². The molecule has 1 saturated heterocycles. The zero-order valence-corrected chi connectivity index (χ0v) is 8.69. The van der Waals surface area contributed by atoms with Gasteiger partial charge in [-0.25, -0.2) is 0 Å². The molecule has 0 aromatic carbocycles. The fraction of sp³-hybridized carbons (Fsp3) is 0.556. The number of hydrogen-bond donors (Lipinski definition) is 3. The van der Waals surface area contributed by atoms with Crippen LogP contribution in [0, 0.1) is 0 Å². The summed E-state index contributed by atoms with van der Waals surface area (Å²) < 4.78 is 0. The lowest BCUT2D eigenvalue weighted by molar-refractivity contribution is -0.115. The summed E-state index contributed by atoms with van der Waals surface area (Å²) in [4.78, 5) is 11.1. The standard InChI is InChI=1S/C9H14N2O2S/c12-6-4-2-1-3-5-7-8(13)11-9(14)10-7/h5,12H,1-4,6H2,(H2,10,11,13,14). The third-order valence-electron chi connectivity index (χ3n) is 1.93. The number of hydrogen-bond acceptors (Lipinski definition) is 3. The zero-order chi connectivity index (χ0) is 10.4. The summed E-state index contributed by atoms with van der Waals surface area (Å²) in [5.41, 5.74) is 0.541. The molecule has 1 aliphatic rings. The van der Waals surface area contributed by atoms with E-state index in [0.29, 0.717) is 10.8 Å². The number of aliphatic hydroxyl groups is 1. The van der Waals surface area contributed by atoms with Gasteiger partial charge in [0.15, 0.2) is 5.11 Å². The lowest BCUT2D eigenvalue weighted by atomic mass is 10.2. The van der Waals surface area contributed by atoms with Gasteiger partial charge in [0.25, 0.3) is 5.91 Å². The van der Waals surface area contributed by atoms with Crippen molar-refractivity contribution < 1.29 is 9.90 Å². The van der Waals surface area contributed by atoms with Crippen LogP contribution in [0.5, 0.6) is 0 Å². The summed E-state index contributed by atoms with van der Waals surface area (Å²) in [6, 6.07) is 0. The van der Waals surface area contributed by atoms with Crippen molar-refractivity contribution in [3.05, 3.63) is 11.8 Å². The Hall–Kier alpha value is -0.940. The lowest BCUT2D eigenvalue weighted by Gasteiger charge is -1.96. The Balaban J connectivity index is 2.24. The van der Waals surface area contributed by atoms with Crippen LogP contribution in [0.3, 0.4) is 0 Å². The van der Waals surface area contributed by atoms with E-state index in [0.717, 1.165) is 25.7 Å². The van der Waals surface area contributed by atoms with Crippen LogP contribution in [-0.4, -0.2) is 22.7 Å². The van der Waals surface area contributed by atoms with Crippen molar-refractivity contribution in [1.82, 2.24) is 10.6 Å². The van der Waals surface area contributed by atoms with Crippen LogP contribution in [-0.2, 0) is 4.79 Å². The van der Waals surface area contributed by atoms with Crippen LogP contribution in [0.1, 0.15) is 25.7 Å². The van der Waals surface area contributed by atoms with Crippen molar-refractivity contribution in [2.45, 2.75) is 25.7 Å². The third-order valence-corrected chi connectivity index (χ3v) is 2.13. The molecule has 5 heteroatoms. The fourth-order valence-corrected chi connectivity index (χ4v) is 1.41. The molecule has 0 aromatic heterocycles. The minimum Gasteiger partial charge on any atom is -0.396 e. The quantitative estimate of drug-likeness (QED) is 0.353. The Morgan fingerprint density at radius 1 is 1.29 bits per heavy atom. The molecule has 78 valence electrons. The van der Waals surface area contributed by atoms with E-state index in [-0.39, 0.29) is 12.5 Å². The van der Waals surface area contributed by atoms with Crippen molar-refractivity contribution in [2.24, 2.45) is 0 Å². The molecule has 1 fully saturated rings. The van der Waals surface area contributed by atoms with E-state index >= 15 is 0 Å². The van der Waals surface area contributed by atoms with Crippen LogP contribution in [0.25, 0.3) is 0 Å². The fourth-order valence-electron chi connectivity index (χ4n) is 1.20. The number of allylic oxidation sites excluding steroid dienone is 1. The Morgan fingerprint density at radius 3 is 2.64 bits per heavy atom. The highest BCUT2D eigenvalue weighted by Crippen LogP contribution is 2.04. The maximum Gasteiger partial charge on any atom is 0.273 e. The summed E-state index contributed by atoms with van der Waals surface area (Å²) in [5, 5.41) is 14.2. The molecular formula is C9H14N2O2S. The number of rotatable bonds is 5. The second-order valence-corrected chi connectivity index (χ2v) is 3.51. The summed E-state index contributed by atoms with van der Waals surface area (Å²) in [5.74, 6) is -0.155. The molecule has 0 aliphatic carbocycles. The number of amides is 1. The van der Waals surface area contributed by atoms with Gasteiger partial charge in [0.2, 0.25) is 0 Å². The molecule has 0 unspecified atom stereocenters. The molecule has 1 rings (SSSR count). The van der Waals surface area contributed by atoms with E-state index in [4.69, 9.17) is 17.3 Å². The number of thiocarbonyl (C=S) groups is 1. The van der Waals surface area contributed by atoms with Crippen molar-refractivity contribution >= 4 is 23.2 Å². The summed E-state index contributed by atoms with van der Waals surface area (Å²) in [6.07, 6.45) is 5.45. The van der Waals surface area contributed by atoms with Crippen molar-refractivity contribution in [2.75, 3.05) is 6.61 Å². The van der Waals surface area contributed by atoms with Gasteiger partial charge in [0, 0.05) is 6.61 Å². The minimum atomic E-state index is -0.155. The average molecular weight is 214 g/mol. The van der Waals surface area contributed by atoms with E-state index in [2.05, 4.69) is 10.6 Å². The van der Waals surface area contributed by atoms with Gasteiger partial charge in [-0.1, -0.05) is 12.5 Å². The third kappa shape index (κ3) is 3.43. The molecular weight excluding hydrogens is 200 g/mol. The highest BCUT2D eigenvalue weighted by molar-refractivity contribution is 7.80. The number of nitrogens with one attached hydrogen (secondary N) is 2. The van der Waals surface area contributed by atoms with E-state index in [1.807, 2.05) is 6.08 Å². The molecule has 0 bridgehead atoms. The van der Waals surface area contributed by atoms with E-state index in [9.17, 15) is 4.79 Å². The first-order valence-electron chi connectivity index (χ1n) is 4.67. The lowest BCUT2D eigenvalue weighted by Crippen LogP contribution is -2.21. The summed E-state index contributed by atoms with van der Waals surface area (Å²) in [6.45, 7) is 0.236. The summed E-state index contributed by atoms with van der Waals surface area (Å²) in [7, 11) is 0. The topological polar surface area (TPSA) is 61.4 Å². The molecule has 1 aliphatic heterocycles. The molecule has 0 radical (unpaired) electrons. The molecule has 1 heterocycles. The number of carbonyl (C=O) groups excluding carboxylic acids is 1. The minimum absolute atomic E-state index is 0.155. The largest absolute Gasteiger partial charge is 0.396 e. The van der Waals surface area contributed by atoms with Crippen LogP contribution >= 0.6 is 12.2 Å². The van der Waals surface area contributed by atoms with Crippen molar-refractivity contribution in [3.8, 4) is 0 Å². The second kappa shape index (κ2) is 5.72. The highest BCUT2D eigenvalue weighted by atomic mass is 32.1. The maximum absolute atomic E-state index is 11.1. The Morgan fingerprint density at radius 2 is 2.07 bits per heavy atom. The SMILES string of the molecule is O=C1NC(=S)NC1=CCCCCCO. The predicted octanol–water partition coefficient (Wildman–Crippen LogP) is 0.427. The molecule has 3 N–H and O–H groups in total. The van der Waals surface area contributed by atoms with Crippen LogP contribution in [0.15, 0.2) is 11.8 Å². The van der Waals surface area contributed by atoms with E-state index in [1.54, 1.807) is 0 Å². The van der Waals surface area contributed by atoms with Gasteiger partial charge in [0.1, 0.15) is 5.70 Å².